The van der Waals surface area contributed by atoms with E-state index in [0.29, 0.717) is 0 Å². The number of aromatic nitrogens is 2. The van der Waals surface area contributed by atoms with E-state index in [1.807, 2.05) is 4.72 Å². The van der Waals surface area contributed by atoms with Crippen LogP contribution in [-0.4, -0.2) is 29.6 Å². The summed E-state index contributed by atoms with van der Waals surface area (Å²) in [5.74, 6) is -2.94. The smallest absolute Gasteiger partial charge is 0.338 e. The van der Waals surface area contributed by atoms with Crippen molar-refractivity contribution in [2.24, 2.45) is 0 Å². The number of nitrogens with zero attached hydrogens (tertiary/aromatic N) is 2. The first-order chi connectivity index (χ1) is 9.70. The number of nitrogens with one attached hydrogen (secondary N) is 1. The Morgan fingerprint density at radius 2 is 2.14 bits per heavy atom. The Kier molecular flexibility index (Phi) is 3.83. The van der Waals surface area contributed by atoms with Gasteiger partial charge in [0.05, 0.1) is 5.56 Å². The van der Waals surface area contributed by atoms with Crippen molar-refractivity contribution in [3.8, 4) is 0 Å². The van der Waals surface area contributed by atoms with Gasteiger partial charge in [0.1, 0.15) is 4.90 Å². The van der Waals surface area contributed by atoms with Crippen molar-refractivity contribution in [2.45, 2.75) is 11.8 Å². The number of benzene rings is 1. The molecular weight excluding hydrogens is 329 g/mol. The van der Waals surface area contributed by atoms with E-state index in [1.165, 1.54) is 6.92 Å². The first kappa shape index (κ1) is 15.2. The van der Waals surface area contributed by atoms with E-state index in [2.05, 4.69) is 14.7 Å². The van der Waals surface area contributed by atoms with Crippen LogP contribution in [0.25, 0.3) is 0 Å². The second-order valence-electron chi connectivity index (χ2n) is 3.82. The number of carbonyl (C=O) groups is 1. The zero-order valence-corrected chi connectivity index (χ0v) is 11.9. The minimum Gasteiger partial charge on any atom is -0.478 e. The molecule has 0 radical (unpaired) electrons. The van der Waals surface area contributed by atoms with Crippen molar-refractivity contribution in [1.29, 1.82) is 0 Å². The third-order valence-corrected chi connectivity index (χ3v) is 3.81. The maximum Gasteiger partial charge on any atom is 0.338 e. The average molecular weight is 336 g/mol. The molecule has 1 aromatic heterocycles. The van der Waals surface area contributed by atoms with Gasteiger partial charge in [-0.2, -0.15) is 4.98 Å². The molecule has 0 aliphatic rings. The Morgan fingerprint density at radius 1 is 1.48 bits per heavy atom. The Morgan fingerprint density at radius 3 is 2.67 bits per heavy atom. The number of sulfonamides is 1. The zero-order chi connectivity index (χ0) is 15.8. The lowest BCUT2D eigenvalue weighted by molar-refractivity contribution is 0.0691. The SMILES string of the molecule is Cc1noc(NS(=O)(=O)c2cc(Cl)cc(C(=O)O)c2F)n1. The van der Waals surface area contributed by atoms with Gasteiger partial charge in [0.2, 0.25) is 0 Å². The normalized spacial score (nSPS) is 11.4. The second-order valence-corrected chi connectivity index (χ2v) is 5.91. The van der Waals surface area contributed by atoms with E-state index in [1.54, 1.807) is 0 Å². The molecule has 112 valence electrons. The highest BCUT2D eigenvalue weighted by Crippen LogP contribution is 2.25. The largest absolute Gasteiger partial charge is 0.478 e. The van der Waals surface area contributed by atoms with Gasteiger partial charge in [-0.05, 0) is 19.1 Å². The monoisotopic (exact) mass is 335 g/mol. The van der Waals surface area contributed by atoms with Crippen LogP contribution in [0, 0.1) is 12.7 Å². The Hall–Kier alpha value is -2.20. The number of rotatable bonds is 4. The average Bonchev–Trinajstić information content (AvgIpc) is 2.76. The molecule has 0 unspecified atom stereocenters. The lowest BCUT2D eigenvalue weighted by atomic mass is 10.2. The van der Waals surface area contributed by atoms with Gasteiger partial charge in [0.25, 0.3) is 10.0 Å². The molecule has 0 aliphatic carbocycles. The highest BCUT2D eigenvalue weighted by Gasteiger charge is 2.26. The molecule has 2 aromatic rings. The van der Waals surface area contributed by atoms with Crippen molar-refractivity contribution in [1.82, 2.24) is 10.1 Å². The fourth-order valence-corrected chi connectivity index (χ4v) is 2.76. The van der Waals surface area contributed by atoms with Gasteiger partial charge in [-0.1, -0.05) is 16.8 Å². The summed E-state index contributed by atoms with van der Waals surface area (Å²) in [6.45, 7) is 1.45. The van der Waals surface area contributed by atoms with Gasteiger partial charge in [-0.15, -0.1) is 0 Å². The quantitative estimate of drug-likeness (QED) is 0.871. The highest BCUT2D eigenvalue weighted by atomic mass is 35.5. The molecule has 1 heterocycles. The van der Waals surface area contributed by atoms with Crippen LogP contribution in [0.15, 0.2) is 21.6 Å². The van der Waals surface area contributed by atoms with E-state index < -0.39 is 38.3 Å². The van der Waals surface area contributed by atoms with E-state index in [9.17, 15) is 17.6 Å². The number of carboxylic acid groups (broad SMARTS) is 1. The van der Waals surface area contributed by atoms with Gasteiger partial charge in [0, 0.05) is 5.02 Å². The number of halogens is 2. The summed E-state index contributed by atoms with van der Waals surface area (Å²) in [7, 11) is -4.48. The van der Waals surface area contributed by atoms with Crippen molar-refractivity contribution in [2.75, 3.05) is 4.72 Å². The zero-order valence-electron chi connectivity index (χ0n) is 10.3. The second kappa shape index (κ2) is 5.30. The highest BCUT2D eigenvalue weighted by molar-refractivity contribution is 7.92. The minimum atomic E-state index is -4.48. The molecule has 0 amide bonds. The molecule has 8 nitrogen and oxygen atoms in total. The van der Waals surface area contributed by atoms with Crippen molar-refractivity contribution < 1.29 is 27.2 Å². The maximum absolute atomic E-state index is 14.0. The van der Waals surface area contributed by atoms with Crippen molar-refractivity contribution in [3.05, 3.63) is 34.4 Å². The predicted molar refractivity (Wildman–Crippen MR) is 68.2 cm³/mol. The fraction of sp³-hybridized carbons (Fsp3) is 0.100. The Bertz CT molecular complexity index is 820. The molecule has 0 atom stereocenters. The van der Waals surface area contributed by atoms with E-state index >= 15 is 0 Å². The summed E-state index contributed by atoms with van der Waals surface area (Å²) in [5.41, 5.74) is -0.871. The topological polar surface area (TPSA) is 122 Å². The number of aromatic carboxylic acids is 1. The van der Waals surface area contributed by atoms with Gasteiger partial charge in [-0.25, -0.2) is 22.3 Å². The molecule has 0 aliphatic heterocycles. The van der Waals surface area contributed by atoms with Gasteiger partial charge < -0.3 is 9.63 Å². The third kappa shape index (κ3) is 3.11. The summed E-state index contributed by atoms with van der Waals surface area (Å²) in [4.78, 5) is 13.5. The first-order valence-electron chi connectivity index (χ1n) is 5.26. The maximum atomic E-state index is 14.0. The third-order valence-electron chi connectivity index (χ3n) is 2.27. The summed E-state index contributed by atoms with van der Waals surface area (Å²) in [6.07, 6.45) is 0. The van der Waals surface area contributed by atoms with E-state index in [4.69, 9.17) is 16.7 Å². The molecular formula is C10H7ClFN3O5S. The van der Waals surface area contributed by atoms with E-state index in [0.717, 1.165) is 12.1 Å². The number of hydrogen-bond acceptors (Lipinski definition) is 6. The molecule has 0 bridgehead atoms. The van der Waals surface area contributed by atoms with Crippen LogP contribution in [0.5, 0.6) is 0 Å². The van der Waals surface area contributed by atoms with Crippen LogP contribution in [0.4, 0.5) is 10.4 Å². The van der Waals surface area contributed by atoms with Crippen LogP contribution in [0.1, 0.15) is 16.2 Å². The first-order valence-corrected chi connectivity index (χ1v) is 7.12. The lowest BCUT2D eigenvalue weighted by Gasteiger charge is -2.08. The molecule has 0 fully saturated rings. The van der Waals surface area contributed by atoms with Gasteiger partial charge >= 0.3 is 12.0 Å². The van der Waals surface area contributed by atoms with Crippen molar-refractivity contribution >= 4 is 33.6 Å². The van der Waals surface area contributed by atoms with Crippen LogP contribution in [-0.2, 0) is 10.0 Å². The summed E-state index contributed by atoms with van der Waals surface area (Å²) in [5, 5.41) is 11.9. The standard InChI is InChI=1S/C10H7ClFN3O5S/c1-4-13-10(20-14-4)15-21(18,19)7-3-5(11)2-6(8(7)12)9(16)17/h2-3H,1H3,(H,16,17)(H,13,14,15). The molecule has 1 aromatic carbocycles. The minimum absolute atomic E-state index is 0.158. The summed E-state index contributed by atoms with van der Waals surface area (Å²) in [6, 6.07) is 1.09. The molecule has 0 saturated carbocycles. The number of anilines is 1. The summed E-state index contributed by atoms with van der Waals surface area (Å²) >= 11 is 5.61. The Balaban J connectivity index is 2.52. The number of aryl methyl sites for hydroxylation is 1. The molecule has 11 heteroatoms. The molecule has 2 N–H and O–H groups in total. The number of carboxylic acids is 1. The molecule has 2 rings (SSSR count). The molecule has 0 saturated heterocycles. The molecule has 21 heavy (non-hydrogen) atoms. The predicted octanol–water partition coefficient (Wildman–Crippen LogP) is 1.67. The fourth-order valence-electron chi connectivity index (χ4n) is 1.42. The summed E-state index contributed by atoms with van der Waals surface area (Å²) < 4.78 is 44.4. The van der Waals surface area contributed by atoms with E-state index in [-0.39, 0.29) is 10.8 Å². The van der Waals surface area contributed by atoms with Crippen molar-refractivity contribution in [3.63, 3.8) is 0 Å². The van der Waals surface area contributed by atoms with Gasteiger partial charge in [0.15, 0.2) is 11.6 Å². The van der Waals surface area contributed by atoms with Crippen LogP contribution in [0.3, 0.4) is 0 Å². The van der Waals surface area contributed by atoms with Crippen LogP contribution in [0.2, 0.25) is 5.02 Å². The number of hydrogen-bond donors (Lipinski definition) is 2. The Labute approximate surface area is 122 Å². The van der Waals surface area contributed by atoms with Crippen LogP contribution >= 0.6 is 11.6 Å². The molecule has 0 spiro atoms. The van der Waals surface area contributed by atoms with Crippen LogP contribution < -0.4 is 4.72 Å². The van der Waals surface area contributed by atoms with Gasteiger partial charge in [-0.3, -0.25) is 0 Å². The lowest BCUT2D eigenvalue weighted by Crippen LogP contribution is -2.17.